The van der Waals surface area contributed by atoms with Crippen LogP contribution < -0.4 is 5.32 Å². The van der Waals surface area contributed by atoms with Crippen molar-refractivity contribution in [3.63, 3.8) is 0 Å². The van der Waals surface area contributed by atoms with Crippen molar-refractivity contribution in [3.05, 3.63) is 96.1 Å². The minimum absolute atomic E-state index is 0.0247. The molecule has 1 atom stereocenters. The maximum absolute atomic E-state index is 12.9. The van der Waals surface area contributed by atoms with Crippen LogP contribution in [0.4, 0.5) is 0 Å². The number of aromatic amines is 1. The van der Waals surface area contributed by atoms with E-state index in [0.29, 0.717) is 17.7 Å². The lowest BCUT2D eigenvalue weighted by Crippen LogP contribution is -2.30. The van der Waals surface area contributed by atoms with E-state index in [1.165, 1.54) is 17.3 Å². The van der Waals surface area contributed by atoms with E-state index in [-0.39, 0.29) is 17.6 Å². The second kappa shape index (κ2) is 9.99. The lowest BCUT2D eigenvalue weighted by molar-refractivity contribution is -0.118. The molecule has 6 rings (SSSR count). The van der Waals surface area contributed by atoms with Crippen molar-refractivity contribution < 1.29 is 4.79 Å². The van der Waals surface area contributed by atoms with Gasteiger partial charge in [-0.25, -0.2) is 4.68 Å². The van der Waals surface area contributed by atoms with Crippen LogP contribution in [0.15, 0.2) is 90.1 Å². The van der Waals surface area contributed by atoms with Crippen molar-refractivity contribution >= 4 is 28.6 Å². The van der Waals surface area contributed by atoms with Gasteiger partial charge in [0.2, 0.25) is 11.1 Å². The Morgan fingerprint density at radius 3 is 2.50 bits per heavy atom. The van der Waals surface area contributed by atoms with E-state index in [9.17, 15) is 4.79 Å². The van der Waals surface area contributed by atoms with E-state index in [1.807, 2.05) is 22.9 Å². The third-order valence-electron chi connectivity index (χ3n) is 6.55. The highest BCUT2D eigenvalue weighted by Gasteiger charge is 2.28. The minimum atomic E-state index is -0.0348. The highest BCUT2D eigenvalue weighted by molar-refractivity contribution is 7.99. The number of carbonyl (C=O) groups is 1. The van der Waals surface area contributed by atoms with Crippen molar-refractivity contribution in [2.24, 2.45) is 0 Å². The van der Waals surface area contributed by atoms with E-state index < -0.39 is 0 Å². The topological polar surface area (TPSA) is 88.5 Å². The molecule has 0 aliphatic heterocycles. The van der Waals surface area contributed by atoms with Crippen LogP contribution in [0.5, 0.6) is 0 Å². The standard InChI is InChI=1S/C28H26N6OS/c35-25(18-36-28-31-32-33-34(28)21-15-16-21)29-17-23(19-9-3-1-4-10-19)26-22-13-7-8-14-24(22)30-27(26)20-11-5-2-6-12-20/h1-14,21,23,30H,15-18H2,(H,29,35). The zero-order chi connectivity index (χ0) is 24.3. The van der Waals surface area contributed by atoms with Gasteiger partial charge < -0.3 is 10.3 Å². The Labute approximate surface area is 213 Å². The molecule has 1 unspecified atom stereocenters. The molecular weight excluding hydrogens is 468 g/mol. The molecule has 1 aliphatic carbocycles. The van der Waals surface area contributed by atoms with E-state index in [1.54, 1.807) is 0 Å². The molecule has 2 aromatic heterocycles. The lowest BCUT2D eigenvalue weighted by atomic mass is 9.87. The zero-order valence-corrected chi connectivity index (χ0v) is 20.5. The van der Waals surface area contributed by atoms with Crippen LogP contribution in [0.1, 0.15) is 35.9 Å². The molecule has 1 amide bonds. The largest absolute Gasteiger partial charge is 0.354 e. The Balaban J connectivity index is 1.29. The highest BCUT2D eigenvalue weighted by atomic mass is 32.2. The molecule has 2 heterocycles. The van der Waals surface area contributed by atoms with Gasteiger partial charge in [0.25, 0.3) is 0 Å². The SMILES string of the molecule is O=C(CSc1nnnn1C1CC1)NCC(c1ccccc1)c1c(-c2ccccc2)[nH]c2ccccc12. The van der Waals surface area contributed by atoms with E-state index in [0.717, 1.165) is 40.6 Å². The summed E-state index contributed by atoms with van der Waals surface area (Å²) >= 11 is 1.39. The van der Waals surface area contributed by atoms with Gasteiger partial charge >= 0.3 is 0 Å². The second-order valence-corrected chi connectivity index (χ2v) is 9.96. The summed E-state index contributed by atoms with van der Waals surface area (Å²) in [5.74, 6) is 0.212. The molecule has 2 N–H and O–H groups in total. The zero-order valence-electron chi connectivity index (χ0n) is 19.7. The van der Waals surface area contributed by atoms with Crippen LogP contribution in [0, 0.1) is 0 Å². The summed E-state index contributed by atoms with van der Waals surface area (Å²) in [6.07, 6.45) is 2.19. The molecule has 1 saturated carbocycles. The number of hydrogen-bond acceptors (Lipinski definition) is 5. The number of nitrogens with one attached hydrogen (secondary N) is 2. The van der Waals surface area contributed by atoms with Crippen LogP contribution in [-0.4, -0.2) is 43.4 Å². The summed E-state index contributed by atoms with van der Waals surface area (Å²) in [6, 6.07) is 29.5. The molecule has 1 aliphatic rings. The minimum Gasteiger partial charge on any atom is -0.354 e. The second-order valence-electron chi connectivity index (χ2n) is 9.02. The number of hydrogen-bond donors (Lipinski definition) is 2. The number of tetrazole rings is 1. The van der Waals surface area contributed by atoms with Crippen molar-refractivity contribution in [2.45, 2.75) is 30.0 Å². The molecule has 7 nitrogen and oxygen atoms in total. The number of fused-ring (bicyclic) bond motifs is 1. The van der Waals surface area contributed by atoms with Crippen LogP contribution in [0.25, 0.3) is 22.2 Å². The van der Waals surface area contributed by atoms with E-state index in [4.69, 9.17) is 0 Å². The summed E-state index contributed by atoms with van der Waals surface area (Å²) in [5, 5.41) is 17.0. The first-order chi connectivity index (χ1) is 17.8. The summed E-state index contributed by atoms with van der Waals surface area (Å²) < 4.78 is 1.84. The van der Waals surface area contributed by atoms with Gasteiger partial charge in [0.05, 0.1) is 17.5 Å². The highest BCUT2D eigenvalue weighted by Crippen LogP contribution is 2.39. The van der Waals surface area contributed by atoms with Gasteiger partial charge in [-0.15, -0.1) is 5.10 Å². The molecule has 3 aromatic carbocycles. The summed E-state index contributed by atoms with van der Waals surface area (Å²) in [5.41, 5.74) is 5.64. The van der Waals surface area contributed by atoms with Gasteiger partial charge in [0, 0.05) is 23.4 Å². The lowest BCUT2D eigenvalue weighted by Gasteiger charge is -2.20. The van der Waals surface area contributed by atoms with Gasteiger partial charge in [-0.2, -0.15) is 0 Å². The Bertz CT molecular complexity index is 1480. The van der Waals surface area contributed by atoms with E-state index >= 15 is 0 Å². The van der Waals surface area contributed by atoms with Gasteiger partial charge in [-0.1, -0.05) is 90.6 Å². The molecule has 5 aromatic rings. The average Bonchev–Trinajstić information content (AvgIpc) is 3.54. The third kappa shape index (κ3) is 4.64. The number of H-pyrrole nitrogens is 1. The molecule has 0 saturated heterocycles. The average molecular weight is 495 g/mol. The van der Waals surface area contributed by atoms with Crippen molar-refractivity contribution in [1.82, 2.24) is 30.5 Å². The number of amides is 1. The van der Waals surface area contributed by atoms with Crippen molar-refractivity contribution in [1.29, 1.82) is 0 Å². The third-order valence-corrected chi connectivity index (χ3v) is 7.48. The van der Waals surface area contributed by atoms with E-state index in [2.05, 4.69) is 92.6 Å². The van der Waals surface area contributed by atoms with Crippen molar-refractivity contribution in [3.8, 4) is 11.3 Å². The fourth-order valence-corrected chi connectivity index (χ4v) is 5.43. The summed E-state index contributed by atoms with van der Waals surface area (Å²) in [6.45, 7) is 0.485. The monoisotopic (exact) mass is 494 g/mol. The normalized spacial score (nSPS) is 14.1. The molecule has 0 spiro atoms. The first kappa shape index (κ1) is 22.5. The molecule has 36 heavy (non-hydrogen) atoms. The molecule has 180 valence electrons. The summed E-state index contributed by atoms with van der Waals surface area (Å²) in [7, 11) is 0. The first-order valence-corrected chi connectivity index (χ1v) is 13.1. The van der Waals surface area contributed by atoms with Gasteiger partial charge in [-0.05, 0) is 46.0 Å². The molecule has 8 heteroatoms. The first-order valence-electron chi connectivity index (χ1n) is 12.2. The molecule has 1 fully saturated rings. The Kier molecular flexibility index (Phi) is 6.26. The molecular formula is C28H26N6OS. The molecule has 0 bridgehead atoms. The number of nitrogens with zero attached hydrogens (tertiary/aromatic N) is 4. The Morgan fingerprint density at radius 1 is 1.00 bits per heavy atom. The Hall–Kier alpha value is -3.91. The quantitative estimate of drug-likeness (QED) is 0.275. The number of rotatable bonds is 9. The van der Waals surface area contributed by atoms with Crippen LogP contribution in [0.3, 0.4) is 0 Å². The number of para-hydroxylation sites is 1. The van der Waals surface area contributed by atoms with Gasteiger partial charge in [-0.3, -0.25) is 4.79 Å². The number of aromatic nitrogens is 5. The number of thioether (sulfide) groups is 1. The smallest absolute Gasteiger partial charge is 0.230 e. The fraction of sp³-hybridized carbons (Fsp3) is 0.214. The van der Waals surface area contributed by atoms with Crippen molar-refractivity contribution in [2.75, 3.05) is 12.3 Å². The molecule has 0 radical (unpaired) electrons. The summed E-state index contributed by atoms with van der Waals surface area (Å²) in [4.78, 5) is 16.6. The maximum Gasteiger partial charge on any atom is 0.230 e. The number of benzene rings is 3. The maximum atomic E-state index is 12.9. The van der Waals surface area contributed by atoms with Crippen LogP contribution >= 0.6 is 11.8 Å². The van der Waals surface area contributed by atoms with Crippen LogP contribution in [-0.2, 0) is 4.79 Å². The van der Waals surface area contributed by atoms with Gasteiger partial charge in [0.15, 0.2) is 0 Å². The fourth-order valence-electron chi connectivity index (χ4n) is 4.66. The number of carbonyl (C=O) groups excluding carboxylic acids is 1. The predicted molar refractivity (Wildman–Crippen MR) is 142 cm³/mol. The predicted octanol–water partition coefficient (Wildman–Crippen LogP) is 5.20. The van der Waals surface area contributed by atoms with Crippen LogP contribution in [0.2, 0.25) is 0 Å². The Morgan fingerprint density at radius 2 is 1.72 bits per heavy atom. The van der Waals surface area contributed by atoms with Gasteiger partial charge in [0.1, 0.15) is 0 Å².